The maximum atomic E-state index is 11.2. The van der Waals surface area contributed by atoms with Crippen molar-refractivity contribution < 1.29 is 4.79 Å². The quantitative estimate of drug-likeness (QED) is 0.686. The van der Waals surface area contributed by atoms with Crippen molar-refractivity contribution in [3.05, 3.63) is 40.9 Å². The van der Waals surface area contributed by atoms with E-state index in [2.05, 4.69) is 0 Å². The van der Waals surface area contributed by atoms with Crippen molar-refractivity contribution in [1.29, 1.82) is 0 Å². The molecule has 14 heavy (non-hydrogen) atoms. The Kier molecular flexibility index (Phi) is 3.72. The lowest BCUT2D eigenvalue weighted by Crippen LogP contribution is -2.18. The van der Waals surface area contributed by atoms with Crippen LogP contribution in [0, 0.1) is 0 Å². The zero-order chi connectivity index (χ0) is 10.6. The standard InChI is InChI=1S/C11H12ClNO/c1-13(2)11(14)8-7-9-5-3-4-6-10(9)12/h3-8H,1-2H3/b8-7+. The highest BCUT2D eigenvalue weighted by atomic mass is 35.5. The molecule has 3 heteroatoms. The van der Waals surface area contributed by atoms with Gasteiger partial charge in [-0.1, -0.05) is 29.8 Å². The number of amides is 1. The third-order valence-electron chi connectivity index (χ3n) is 1.75. The second-order valence-electron chi connectivity index (χ2n) is 3.09. The summed E-state index contributed by atoms with van der Waals surface area (Å²) in [5.41, 5.74) is 0.851. The van der Waals surface area contributed by atoms with Crippen LogP contribution < -0.4 is 0 Å². The molecule has 0 N–H and O–H groups in total. The smallest absolute Gasteiger partial charge is 0.246 e. The molecule has 1 aromatic carbocycles. The van der Waals surface area contributed by atoms with Gasteiger partial charge in [-0.3, -0.25) is 4.79 Å². The van der Waals surface area contributed by atoms with Crippen LogP contribution in [0.25, 0.3) is 6.08 Å². The van der Waals surface area contributed by atoms with Crippen LogP contribution in [0.4, 0.5) is 0 Å². The Morgan fingerprint density at radius 3 is 2.57 bits per heavy atom. The number of carbonyl (C=O) groups excluding carboxylic acids is 1. The van der Waals surface area contributed by atoms with Crippen LogP contribution in [-0.4, -0.2) is 24.9 Å². The van der Waals surface area contributed by atoms with Crippen LogP contribution in [0.3, 0.4) is 0 Å². The highest BCUT2D eigenvalue weighted by Gasteiger charge is 1.98. The monoisotopic (exact) mass is 209 g/mol. The first-order valence-electron chi connectivity index (χ1n) is 4.25. The van der Waals surface area contributed by atoms with Gasteiger partial charge >= 0.3 is 0 Å². The van der Waals surface area contributed by atoms with E-state index in [1.807, 2.05) is 18.2 Å². The number of rotatable bonds is 2. The second-order valence-corrected chi connectivity index (χ2v) is 3.49. The van der Waals surface area contributed by atoms with Crippen LogP contribution in [0.1, 0.15) is 5.56 Å². The number of hydrogen-bond acceptors (Lipinski definition) is 1. The topological polar surface area (TPSA) is 20.3 Å². The first kappa shape index (κ1) is 10.8. The van der Waals surface area contributed by atoms with Crippen LogP contribution in [0.2, 0.25) is 5.02 Å². The maximum Gasteiger partial charge on any atom is 0.246 e. The van der Waals surface area contributed by atoms with Crippen molar-refractivity contribution in [1.82, 2.24) is 4.90 Å². The van der Waals surface area contributed by atoms with Crippen molar-refractivity contribution in [2.24, 2.45) is 0 Å². The Labute approximate surface area is 88.8 Å². The molecule has 0 bridgehead atoms. The molecular formula is C11H12ClNO. The largest absolute Gasteiger partial charge is 0.345 e. The van der Waals surface area contributed by atoms with Gasteiger partial charge in [0.2, 0.25) is 5.91 Å². The Hall–Kier alpha value is -1.28. The Bertz CT molecular complexity index is 358. The zero-order valence-electron chi connectivity index (χ0n) is 8.20. The molecule has 2 nitrogen and oxygen atoms in total. The predicted octanol–water partition coefficient (Wildman–Crippen LogP) is 2.44. The first-order valence-corrected chi connectivity index (χ1v) is 4.63. The number of nitrogens with zero attached hydrogens (tertiary/aromatic N) is 1. The lowest BCUT2D eigenvalue weighted by molar-refractivity contribution is -0.123. The lowest BCUT2D eigenvalue weighted by atomic mass is 10.2. The van der Waals surface area contributed by atoms with E-state index in [4.69, 9.17) is 11.6 Å². The number of carbonyl (C=O) groups is 1. The van der Waals surface area contributed by atoms with Crippen molar-refractivity contribution in [2.45, 2.75) is 0 Å². The molecule has 0 aliphatic rings. The summed E-state index contributed by atoms with van der Waals surface area (Å²) >= 11 is 5.91. The van der Waals surface area contributed by atoms with Crippen LogP contribution >= 0.6 is 11.6 Å². The molecule has 1 rings (SSSR count). The fourth-order valence-corrected chi connectivity index (χ4v) is 1.12. The Morgan fingerprint density at radius 2 is 2.00 bits per heavy atom. The summed E-state index contributed by atoms with van der Waals surface area (Å²) in [5, 5.41) is 0.648. The summed E-state index contributed by atoms with van der Waals surface area (Å²) in [4.78, 5) is 12.7. The number of benzene rings is 1. The van der Waals surface area contributed by atoms with E-state index in [1.165, 1.54) is 11.0 Å². The summed E-state index contributed by atoms with van der Waals surface area (Å²) in [5.74, 6) is -0.0510. The number of likely N-dealkylation sites (N-methyl/N-ethyl adjacent to an activating group) is 1. The molecule has 1 amide bonds. The van der Waals surface area contributed by atoms with Gasteiger partial charge in [0, 0.05) is 25.2 Å². The molecule has 0 fully saturated rings. The molecule has 0 radical (unpaired) electrons. The molecule has 0 aliphatic carbocycles. The third kappa shape index (κ3) is 2.89. The minimum absolute atomic E-state index is 0.0510. The van der Waals surface area contributed by atoms with E-state index < -0.39 is 0 Å². The second kappa shape index (κ2) is 4.82. The molecule has 0 spiro atoms. The fourth-order valence-electron chi connectivity index (χ4n) is 0.920. The molecule has 0 heterocycles. The van der Waals surface area contributed by atoms with E-state index >= 15 is 0 Å². The average molecular weight is 210 g/mol. The van der Waals surface area contributed by atoms with Gasteiger partial charge in [0.05, 0.1) is 0 Å². The predicted molar refractivity (Wildman–Crippen MR) is 59.2 cm³/mol. The van der Waals surface area contributed by atoms with Gasteiger partial charge in [-0.15, -0.1) is 0 Å². The molecule has 0 atom stereocenters. The van der Waals surface area contributed by atoms with Gasteiger partial charge < -0.3 is 4.90 Å². The maximum absolute atomic E-state index is 11.2. The Morgan fingerprint density at radius 1 is 1.36 bits per heavy atom. The van der Waals surface area contributed by atoms with Gasteiger partial charge in [0.15, 0.2) is 0 Å². The molecule has 1 aromatic rings. The van der Waals surface area contributed by atoms with E-state index in [0.717, 1.165) is 5.56 Å². The third-order valence-corrected chi connectivity index (χ3v) is 2.10. The minimum atomic E-state index is -0.0510. The number of hydrogen-bond donors (Lipinski definition) is 0. The SMILES string of the molecule is CN(C)C(=O)/C=C/c1ccccc1Cl. The number of halogens is 1. The van der Waals surface area contributed by atoms with Crippen molar-refractivity contribution in [3.63, 3.8) is 0 Å². The van der Waals surface area contributed by atoms with Crippen molar-refractivity contribution in [3.8, 4) is 0 Å². The molecule has 0 saturated heterocycles. The van der Waals surface area contributed by atoms with Gasteiger partial charge in [-0.05, 0) is 17.7 Å². The van der Waals surface area contributed by atoms with Crippen LogP contribution in [0.15, 0.2) is 30.3 Å². The molecular weight excluding hydrogens is 198 g/mol. The van der Waals surface area contributed by atoms with Gasteiger partial charge in [0.1, 0.15) is 0 Å². The van der Waals surface area contributed by atoms with Gasteiger partial charge in [-0.25, -0.2) is 0 Å². The van der Waals surface area contributed by atoms with E-state index in [1.54, 1.807) is 26.2 Å². The molecule has 0 unspecified atom stereocenters. The average Bonchev–Trinajstić information content (AvgIpc) is 2.16. The molecule has 0 aliphatic heterocycles. The Balaban J connectivity index is 2.79. The highest BCUT2D eigenvalue weighted by molar-refractivity contribution is 6.32. The minimum Gasteiger partial charge on any atom is -0.345 e. The van der Waals surface area contributed by atoms with Crippen LogP contribution in [-0.2, 0) is 4.79 Å². The first-order chi connectivity index (χ1) is 6.61. The summed E-state index contributed by atoms with van der Waals surface area (Å²) in [6.45, 7) is 0. The van der Waals surface area contributed by atoms with Crippen LogP contribution in [0.5, 0.6) is 0 Å². The highest BCUT2D eigenvalue weighted by Crippen LogP contribution is 2.16. The summed E-state index contributed by atoms with van der Waals surface area (Å²) in [6, 6.07) is 7.39. The summed E-state index contributed by atoms with van der Waals surface area (Å²) < 4.78 is 0. The summed E-state index contributed by atoms with van der Waals surface area (Å²) in [6.07, 6.45) is 3.21. The molecule has 74 valence electrons. The van der Waals surface area contributed by atoms with Crippen molar-refractivity contribution in [2.75, 3.05) is 14.1 Å². The van der Waals surface area contributed by atoms with E-state index in [9.17, 15) is 4.79 Å². The fraction of sp³-hybridized carbons (Fsp3) is 0.182. The molecule has 0 aromatic heterocycles. The lowest BCUT2D eigenvalue weighted by Gasteiger charge is -2.05. The normalized spacial score (nSPS) is 10.5. The van der Waals surface area contributed by atoms with Gasteiger partial charge in [-0.2, -0.15) is 0 Å². The zero-order valence-corrected chi connectivity index (χ0v) is 8.95. The van der Waals surface area contributed by atoms with E-state index in [0.29, 0.717) is 5.02 Å². The van der Waals surface area contributed by atoms with Crippen molar-refractivity contribution >= 4 is 23.6 Å². The van der Waals surface area contributed by atoms with E-state index in [-0.39, 0.29) is 5.91 Å². The summed E-state index contributed by atoms with van der Waals surface area (Å²) in [7, 11) is 3.42. The van der Waals surface area contributed by atoms with Gasteiger partial charge in [0.25, 0.3) is 0 Å². The molecule has 0 saturated carbocycles.